The van der Waals surface area contributed by atoms with Gasteiger partial charge in [0.25, 0.3) is 0 Å². The molecule has 0 aliphatic heterocycles. The maximum absolute atomic E-state index is 14.3. The maximum Gasteiger partial charge on any atom is 0.248 e. The van der Waals surface area contributed by atoms with Gasteiger partial charge < -0.3 is 9.55 Å². The third-order valence-corrected chi connectivity index (χ3v) is 5.85. The highest BCUT2D eigenvalue weighted by Gasteiger charge is 2.18. The Balaban J connectivity index is 1.77. The van der Waals surface area contributed by atoms with Crippen molar-refractivity contribution in [3.8, 4) is 10.7 Å². The number of hydrogen-bond acceptors (Lipinski definition) is 4. The molecule has 0 bridgehead atoms. The van der Waals surface area contributed by atoms with E-state index in [1.807, 2.05) is 35.8 Å². The van der Waals surface area contributed by atoms with Crippen LogP contribution in [0.4, 0.5) is 8.78 Å². The first-order chi connectivity index (χ1) is 14.0. The summed E-state index contributed by atoms with van der Waals surface area (Å²) >= 11 is 1.48. The topological polar surface area (TPSA) is 63.6 Å². The Kier molecular flexibility index (Phi) is 4.02. The van der Waals surface area contributed by atoms with E-state index >= 15 is 0 Å². The number of aryl methyl sites for hydroxylation is 1. The zero-order valence-corrected chi connectivity index (χ0v) is 16.1. The van der Waals surface area contributed by atoms with E-state index in [1.165, 1.54) is 23.5 Å². The number of benzene rings is 2. The van der Waals surface area contributed by atoms with Crippen LogP contribution in [0.15, 0.2) is 52.8 Å². The molecule has 0 atom stereocenters. The number of H-pyrrole nitrogens is 1. The number of nitrogens with zero attached hydrogens (tertiary/aromatic N) is 3. The highest BCUT2D eigenvalue weighted by Crippen LogP contribution is 2.31. The monoisotopic (exact) mass is 408 g/mol. The smallest absolute Gasteiger partial charge is 0.248 e. The number of hydrogen-bond donors (Lipinski definition) is 1. The summed E-state index contributed by atoms with van der Waals surface area (Å²) in [7, 11) is 0. The summed E-state index contributed by atoms with van der Waals surface area (Å²) in [4.78, 5) is 24.6. The fourth-order valence-corrected chi connectivity index (χ4v) is 4.36. The van der Waals surface area contributed by atoms with Gasteiger partial charge in [-0.1, -0.05) is 12.1 Å². The standard InChI is InChI=1S/C21H14F2N4OS/c1-11-20(29-10-24-11)21-25-15-4-2-3-5-16(15)27(21)9-12-8-17(28)26-19-13(12)6-7-14(22)18(19)23/h2-8,10H,9H2,1H3,(H,26,28). The molecule has 5 aromatic rings. The van der Waals surface area contributed by atoms with Gasteiger partial charge in [-0.05, 0) is 36.8 Å². The van der Waals surface area contributed by atoms with E-state index in [2.05, 4.69) is 9.97 Å². The summed E-state index contributed by atoms with van der Waals surface area (Å²) in [5.74, 6) is -1.34. The lowest BCUT2D eigenvalue weighted by atomic mass is 10.1. The Morgan fingerprint density at radius 2 is 2.00 bits per heavy atom. The van der Waals surface area contributed by atoms with Crippen LogP contribution in [0.1, 0.15) is 11.3 Å². The van der Waals surface area contributed by atoms with Crippen molar-refractivity contribution in [1.29, 1.82) is 0 Å². The fraction of sp³-hybridized carbons (Fsp3) is 0.0952. The van der Waals surface area contributed by atoms with Gasteiger partial charge in [0.2, 0.25) is 5.56 Å². The molecule has 0 spiro atoms. The average molecular weight is 408 g/mol. The molecule has 1 N–H and O–H groups in total. The molecule has 2 aromatic carbocycles. The summed E-state index contributed by atoms with van der Waals surface area (Å²) in [6, 6.07) is 11.6. The summed E-state index contributed by atoms with van der Waals surface area (Å²) in [6.07, 6.45) is 0. The van der Waals surface area contributed by atoms with Crippen LogP contribution in [-0.2, 0) is 6.54 Å². The molecule has 0 radical (unpaired) electrons. The summed E-state index contributed by atoms with van der Waals surface area (Å²) in [5, 5.41) is 0.452. The van der Waals surface area contributed by atoms with Gasteiger partial charge in [-0.15, -0.1) is 11.3 Å². The van der Waals surface area contributed by atoms with E-state index in [-0.39, 0.29) is 12.1 Å². The molecule has 3 aromatic heterocycles. The van der Waals surface area contributed by atoms with Gasteiger partial charge in [0.05, 0.1) is 39.2 Å². The molecule has 8 heteroatoms. The molecule has 0 aliphatic carbocycles. The van der Waals surface area contributed by atoms with E-state index in [0.29, 0.717) is 10.9 Å². The first-order valence-corrected chi connectivity index (χ1v) is 9.76. The lowest BCUT2D eigenvalue weighted by molar-refractivity contribution is 0.515. The van der Waals surface area contributed by atoms with Gasteiger partial charge >= 0.3 is 0 Å². The third kappa shape index (κ3) is 2.84. The Hall–Kier alpha value is -3.39. The van der Waals surface area contributed by atoms with Crippen molar-refractivity contribution in [3.05, 3.63) is 81.2 Å². The van der Waals surface area contributed by atoms with E-state index in [9.17, 15) is 13.6 Å². The van der Waals surface area contributed by atoms with Crippen molar-refractivity contribution < 1.29 is 8.78 Å². The van der Waals surface area contributed by atoms with E-state index in [0.717, 1.165) is 33.5 Å². The number of thiazole rings is 1. The molecule has 5 rings (SSSR count). The minimum Gasteiger partial charge on any atom is -0.319 e. The number of halogens is 2. The highest BCUT2D eigenvalue weighted by atomic mass is 32.1. The van der Waals surface area contributed by atoms with Gasteiger partial charge in [0.1, 0.15) is 0 Å². The largest absolute Gasteiger partial charge is 0.319 e. The Morgan fingerprint density at radius 1 is 1.17 bits per heavy atom. The summed E-state index contributed by atoms with van der Waals surface area (Å²) in [6.45, 7) is 2.19. The number of nitrogens with one attached hydrogen (secondary N) is 1. The van der Waals surface area contributed by atoms with Crippen molar-refractivity contribution >= 4 is 33.3 Å². The van der Waals surface area contributed by atoms with Gasteiger partial charge in [-0.3, -0.25) is 4.79 Å². The first-order valence-electron chi connectivity index (χ1n) is 8.88. The SMILES string of the molecule is Cc1ncsc1-c1nc2ccccc2n1Cc1cc(=O)[nH]c2c(F)c(F)ccc12. The lowest BCUT2D eigenvalue weighted by Crippen LogP contribution is -2.11. The second-order valence-corrected chi connectivity index (χ2v) is 7.57. The molecule has 0 saturated carbocycles. The molecular weight excluding hydrogens is 394 g/mol. The van der Waals surface area contributed by atoms with Gasteiger partial charge in [-0.2, -0.15) is 0 Å². The number of aromatic nitrogens is 4. The van der Waals surface area contributed by atoms with Gasteiger partial charge in [0.15, 0.2) is 17.5 Å². The molecule has 144 valence electrons. The second-order valence-electron chi connectivity index (χ2n) is 6.72. The predicted molar refractivity (Wildman–Crippen MR) is 109 cm³/mol. The van der Waals surface area contributed by atoms with Crippen molar-refractivity contribution in [3.63, 3.8) is 0 Å². The minimum atomic E-state index is -1.06. The third-order valence-electron chi connectivity index (χ3n) is 4.93. The minimum absolute atomic E-state index is 0.132. The predicted octanol–water partition coefficient (Wildman–Crippen LogP) is 4.64. The van der Waals surface area contributed by atoms with Crippen LogP contribution < -0.4 is 5.56 Å². The van der Waals surface area contributed by atoms with E-state index < -0.39 is 17.2 Å². The Labute approximate surface area is 167 Å². The highest BCUT2D eigenvalue weighted by molar-refractivity contribution is 7.13. The zero-order chi connectivity index (χ0) is 20.1. The number of pyridine rings is 1. The van der Waals surface area contributed by atoms with Crippen LogP contribution in [-0.4, -0.2) is 19.5 Å². The van der Waals surface area contributed by atoms with Crippen LogP contribution in [0, 0.1) is 18.6 Å². The Morgan fingerprint density at radius 3 is 2.79 bits per heavy atom. The molecule has 0 aliphatic rings. The van der Waals surface area contributed by atoms with Crippen molar-refractivity contribution in [2.75, 3.05) is 0 Å². The van der Waals surface area contributed by atoms with E-state index in [4.69, 9.17) is 4.98 Å². The number of para-hydroxylation sites is 2. The second kappa shape index (κ2) is 6.59. The quantitative estimate of drug-likeness (QED) is 0.473. The van der Waals surface area contributed by atoms with Gasteiger partial charge in [-0.25, -0.2) is 18.7 Å². The van der Waals surface area contributed by atoms with E-state index in [1.54, 1.807) is 5.51 Å². The van der Waals surface area contributed by atoms with Crippen LogP contribution in [0.3, 0.4) is 0 Å². The Bertz CT molecular complexity index is 1450. The number of fused-ring (bicyclic) bond motifs is 2. The van der Waals surface area contributed by atoms with Crippen molar-refractivity contribution in [1.82, 2.24) is 19.5 Å². The number of aromatic amines is 1. The molecular formula is C21H14F2N4OS. The van der Waals surface area contributed by atoms with Gasteiger partial charge in [0, 0.05) is 11.5 Å². The molecule has 29 heavy (non-hydrogen) atoms. The summed E-state index contributed by atoms with van der Waals surface area (Å²) < 4.78 is 29.9. The van der Waals surface area contributed by atoms with Crippen LogP contribution in [0.25, 0.3) is 32.6 Å². The van der Waals surface area contributed by atoms with Crippen LogP contribution >= 0.6 is 11.3 Å². The van der Waals surface area contributed by atoms with Crippen molar-refractivity contribution in [2.45, 2.75) is 13.5 Å². The molecule has 0 fully saturated rings. The average Bonchev–Trinajstić information content (AvgIpc) is 3.28. The molecule has 5 nitrogen and oxygen atoms in total. The molecule has 0 unspecified atom stereocenters. The number of rotatable bonds is 3. The molecule has 0 saturated heterocycles. The normalized spacial score (nSPS) is 11.6. The summed E-state index contributed by atoms with van der Waals surface area (Å²) in [5.41, 5.74) is 4.26. The van der Waals surface area contributed by atoms with Crippen LogP contribution in [0.5, 0.6) is 0 Å². The number of imidazole rings is 1. The fourth-order valence-electron chi connectivity index (χ4n) is 3.56. The van der Waals surface area contributed by atoms with Crippen molar-refractivity contribution in [2.24, 2.45) is 0 Å². The molecule has 0 amide bonds. The zero-order valence-electron chi connectivity index (χ0n) is 15.2. The molecule has 3 heterocycles. The first kappa shape index (κ1) is 17.7. The lowest BCUT2D eigenvalue weighted by Gasteiger charge is -2.12. The van der Waals surface area contributed by atoms with Crippen LogP contribution in [0.2, 0.25) is 0 Å². The maximum atomic E-state index is 14.3.